The highest BCUT2D eigenvalue weighted by Gasteiger charge is 2.20. The number of ether oxygens (including phenoxy) is 1. The van der Waals surface area contributed by atoms with Crippen LogP contribution in [0.5, 0.6) is 0 Å². The van der Waals surface area contributed by atoms with Gasteiger partial charge in [0.05, 0.1) is 0 Å². The summed E-state index contributed by atoms with van der Waals surface area (Å²) in [5.41, 5.74) is 0.486. The summed E-state index contributed by atoms with van der Waals surface area (Å²) in [6.07, 6.45) is 1.88. The Kier molecular flexibility index (Phi) is 4.99. The van der Waals surface area contributed by atoms with Crippen LogP contribution in [0.3, 0.4) is 0 Å². The first-order valence-electron chi connectivity index (χ1n) is 6.44. The molecule has 2 rings (SSSR count). The lowest BCUT2D eigenvalue weighted by Gasteiger charge is -2.29. The van der Waals surface area contributed by atoms with Crippen molar-refractivity contribution in [3.05, 3.63) is 29.3 Å². The monoisotopic (exact) mass is 289 g/mol. The van der Waals surface area contributed by atoms with Crippen molar-refractivity contribution in [2.75, 3.05) is 31.7 Å². The van der Waals surface area contributed by atoms with Crippen LogP contribution >= 0.6 is 11.6 Å². The summed E-state index contributed by atoms with van der Waals surface area (Å²) >= 11 is 5.60. The van der Waals surface area contributed by atoms with E-state index in [0.29, 0.717) is 18.0 Å². The van der Waals surface area contributed by atoms with Crippen LogP contribution in [0.4, 0.5) is 14.5 Å². The van der Waals surface area contributed by atoms with Crippen LogP contribution in [0.15, 0.2) is 12.1 Å². The molecule has 1 heterocycles. The SMILES string of the molecule is CN(CC1CCOCC1)c1c(F)cc(CCl)cc1F. The molecule has 0 N–H and O–H groups in total. The Morgan fingerprint density at radius 3 is 2.37 bits per heavy atom. The second kappa shape index (κ2) is 6.53. The summed E-state index contributed by atoms with van der Waals surface area (Å²) in [6.45, 7) is 2.10. The van der Waals surface area contributed by atoms with E-state index in [9.17, 15) is 8.78 Å². The number of hydrogen-bond acceptors (Lipinski definition) is 2. The number of rotatable bonds is 4. The first kappa shape index (κ1) is 14.5. The molecule has 0 spiro atoms. The highest BCUT2D eigenvalue weighted by Crippen LogP contribution is 2.27. The van der Waals surface area contributed by atoms with Gasteiger partial charge in [-0.25, -0.2) is 8.78 Å². The van der Waals surface area contributed by atoms with E-state index >= 15 is 0 Å². The Bertz CT molecular complexity index is 412. The zero-order valence-electron chi connectivity index (χ0n) is 11.0. The average Bonchev–Trinajstić information content (AvgIpc) is 2.38. The molecule has 1 saturated heterocycles. The molecule has 1 aromatic carbocycles. The number of benzene rings is 1. The molecular weight excluding hydrogens is 272 g/mol. The predicted octanol–water partition coefficient (Wildman–Crippen LogP) is 3.57. The van der Waals surface area contributed by atoms with Crippen molar-refractivity contribution in [1.29, 1.82) is 0 Å². The molecule has 0 amide bonds. The van der Waals surface area contributed by atoms with E-state index in [0.717, 1.165) is 26.1 Å². The van der Waals surface area contributed by atoms with E-state index in [1.165, 1.54) is 12.1 Å². The van der Waals surface area contributed by atoms with Gasteiger partial charge in [0.1, 0.15) is 17.3 Å². The number of halogens is 3. The molecule has 0 aliphatic carbocycles. The van der Waals surface area contributed by atoms with E-state index in [4.69, 9.17) is 16.3 Å². The molecule has 0 saturated carbocycles. The molecule has 106 valence electrons. The number of alkyl halides is 1. The third-order valence-electron chi connectivity index (χ3n) is 3.49. The molecule has 0 bridgehead atoms. The molecule has 1 aromatic rings. The van der Waals surface area contributed by atoms with Gasteiger partial charge < -0.3 is 9.64 Å². The standard InChI is InChI=1S/C14H18ClF2NO/c1-18(9-10-2-4-19-5-3-10)14-12(16)6-11(8-15)7-13(14)17/h6-7,10H,2-5,8-9H2,1H3. The minimum absolute atomic E-state index is 0.0281. The number of nitrogens with zero attached hydrogens (tertiary/aromatic N) is 1. The van der Waals surface area contributed by atoms with E-state index in [2.05, 4.69) is 0 Å². The molecule has 0 atom stereocenters. The van der Waals surface area contributed by atoms with Gasteiger partial charge in [-0.2, -0.15) is 0 Å². The highest BCUT2D eigenvalue weighted by atomic mass is 35.5. The van der Waals surface area contributed by atoms with Crippen LogP contribution in [0.2, 0.25) is 0 Å². The minimum atomic E-state index is -0.551. The van der Waals surface area contributed by atoms with Gasteiger partial charge >= 0.3 is 0 Å². The third kappa shape index (κ3) is 3.57. The number of hydrogen-bond donors (Lipinski definition) is 0. The molecule has 1 aliphatic heterocycles. The van der Waals surface area contributed by atoms with Gasteiger partial charge in [-0.3, -0.25) is 0 Å². The van der Waals surface area contributed by atoms with Crippen LogP contribution in [0.1, 0.15) is 18.4 Å². The summed E-state index contributed by atoms with van der Waals surface area (Å²) in [6, 6.07) is 2.60. The lowest BCUT2D eigenvalue weighted by atomic mass is 9.99. The quantitative estimate of drug-likeness (QED) is 0.786. The van der Waals surface area contributed by atoms with Crippen LogP contribution in [-0.2, 0) is 10.6 Å². The summed E-state index contributed by atoms with van der Waals surface area (Å²) < 4.78 is 33.2. The van der Waals surface area contributed by atoms with Crippen molar-refractivity contribution in [2.24, 2.45) is 5.92 Å². The van der Waals surface area contributed by atoms with E-state index in [-0.39, 0.29) is 11.6 Å². The Morgan fingerprint density at radius 2 is 1.84 bits per heavy atom. The highest BCUT2D eigenvalue weighted by molar-refractivity contribution is 6.17. The van der Waals surface area contributed by atoms with Gasteiger partial charge in [0, 0.05) is 32.7 Å². The smallest absolute Gasteiger partial charge is 0.149 e. The molecule has 2 nitrogen and oxygen atoms in total. The summed E-state index contributed by atoms with van der Waals surface area (Å²) in [7, 11) is 1.72. The normalized spacial score (nSPS) is 16.6. The summed E-state index contributed by atoms with van der Waals surface area (Å²) in [5.74, 6) is -0.571. The molecule has 19 heavy (non-hydrogen) atoms. The second-order valence-electron chi connectivity index (χ2n) is 4.98. The number of anilines is 1. The predicted molar refractivity (Wildman–Crippen MR) is 72.7 cm³/mol. The molecule has 1 aliphatic rings. The molecular formula is C14H18ClF2NO. The molecule has 0 aromatic heterocycles. The molecule has 0 unspecified atom stereocenters. The fraction of sp³-hybridized carbons (Fsp3) is 0.571. The lowest BCUT2D eigenvalue weighted by Crippen LogP contribution is -2.30. The Hall–Kier alpha value is -0.870. The van der Waals surface area contributed by atoms with E-state index in [1.54, 1.807) is 11.9 Å². The van der Waals surface area contributed by atoms with Crippen molar-refractivity contribution in [1.82, 2.24) is 0 Å². The van der Waals surface area contributed by atoms with Crippen molar-refractivity contribution in [3.63, 3.8) is 0 Å². The van der Waals surface area contributed by atoms with Crippen LogP contribution in [0, 0.1) is 17.6 Å². The van der Waals surface area contributed by atoms with E-state index in [1.807, 2.05) is 0 Å². The van der Waals surface area contributed by atoms with Gasteiger partial charge in [0.25, 0.3) is 0 Å². The zero-order valence-corrected chi connectivity index (χ0v) is 11.7. The van der Waals surface area contributed by atoms with Crippen molar-refractivity contribution in [3.8, 4) is 0 Å². The van der Waals surface area contributed by atoms with Crippen LogP contribution < -0.4 is 4.90 Å². The fourth-order valence-corrected chi connectivity index (χ4v) is 2.62. The Morgan fingerprint density at radius 1 is 1.26 bits per heavy atom. The first-order chi connectivity index (χ1) is 9.11. The van der Waals surface area contributed by atoms with Crippen molar-refractivity contribution >= 4 is 17.3 Å². The minimum Gasteiger partial charge on any atom is -0.381 e. The lowest BCUT2D eigenvalue weighted by molar-refractivity contribution is 0.0684. The molecule has 0 radical (unpaired) electrons. The maximum atomic E-state index is 13.9. The topological polar surface area (TPSA) is 12.5 Å². The maximum absolute atomic E-state index is 13.9. The summed E-state index contributed by atoms with van der Waals surface area (Å²) in [5, 5.41) is 0. The van der Waals surface area contributed by atoms with Gasteiger partial charge in [0.2, 0.25) is 0 Å². The van der Waals surface area contributed by atoms with Gasteiger partial charge in [-0.15, -0.1) is 11.6 Å². The maximum Gasteiger partial charge on any atom is 0.149 e. The van der Waals surface area contributed by atoms with Crippen LogP contribution in [0.25, 0.3) is 0 Å². The largest absolute Gasteiger partial charge is 0.381 e. The fourth-order valence-electron chi connectivity index (χ4n) is 2.47. The summed E-state index contributed by atoms with van der Waals surface area (Å²) in [4.78, 5) is 1.65. The zero-order chi connectivity index (χ0) is 13.8. The van der Waals surface area contributed by atoms with Crippen molar-refractivity contribution < 1.29 is 13.5 Å². The third-order valence-corrected chi connectivity index (χ3v) is 3.79. The second-order valence-corrected chi connectivity index (χ2v) is 5.25. The van der Waals surface area contributed by atoms with Gasteiger partial charge in [-0.05, 0) is 36.5 Å². The van der Waals surface area contributed by atoms with Crippen LogP contribution in [-0.4, -0.2) is 26.8 Å². The molecule has 1 fully saturated rings. The van der Waals surface area contributed by atoms with Crippen molar-refractivity contribution in [2.45, 2.75) is 18.7 Å². The average molecular weight is 290 g/mol. The van der Waals surface area contributed by atoms with Gasteiger partial charge in [0.15, 0.2) is 0 Å². The molecule has 5 heteroatoms. The van der Waals surface area contributed by atoms with E-state index < -0.39 is 11.6 Å². The Labute approximate surface area is 117 Å². The first-order valence-corrected chi connectivity index (χ1v) is 6.98. The van der Waals surface area contributed by atoms with Gasteiger partial charge in [-0.1, -0.05) is 0 Å². The Balaban J connectivity index is 2.11.